The Labute approximate surface area is 202 Å². The van der Waals surface area contributed by atoms with Gasteiger partial charge in [-0.15, -0.1) is 0 Å². The average Bonchev–Trinajstić information content (AvgIpc) is 3.36. The number of nitrogens with zero attached hydrogens (tertiary/aromatic N) is 1. The van der Waals surface area contributed by atoms with Gasteiger partial charge >= 0.3 is 17.9 Å². The van der Waals surface area contributed by atoms with E-state index in [0.717, 1.165) is 37.6 Å². The predicted octanol–water partition coefficient (Wildman–Crippen LogP) is 1.70. The zero-order chi connectivity index (χ0) is 26.2. The summed E-state index contributed by atoms with van der Waals surface area (Å²) in [6.07, 6.45) is -1.41. The van der Waals surface area contributed by atoms with Crippen molar-refractivity contribution in [2.75, 3.05) is 13.2 Å². The number of hydrogen-bond donors (Lipinski definition) is 5. The van der Waals surface area contributed by atoms with E-state index in [-0.39, 0.29) is 0 Å². The Morgan fingerprint density at radius 1 is 1.03 bits per heavy atom. The Morgan fingerprint density at radius 2 is 1.69 bits per heavy atom. The molecular weight excluding hydrogens is 460 g/mol. The largest absolute Gasteiger partial charge is 0.481 e. The lowest BCUT2D eigenvalue weighted by Crippen LogP contribution is -2.42. The van der Waals surface area contributed by atoms with Crippen LogP contribution in [0.4, 0.5) is 0 Å². The molecule has 2 aromatic rings. The number of carboxylic acids is 3. The average molecular weight is 493 g/mol. The molecule has 0 saturated carbocycles. The molecule has 2 heterocycles. The van der Waals surface area contributed by atoms with Gasteiger partial charge < -0.3 is 35.0 Å². The minimum Gasteiger partial charge on any atom is -0.481 e. The van der Waals surface area contributed by atoms with Gasteiger partial charge in [0.25, 0.3) is 0 Å². The molecule has 0 amide bonds. The topological polar surface area (TPSA) is 179 Å². The maximum Gasteiger partial charge on any atom is 0.336 e. The number of benzene rings is 1. The Morgan fingerprint density at radius 3 is 2.20 bits per heavy atom. The summed E-state index contributed by atoms with van der Waals surface area (Å²) in [5, 5.41) is 41.4. The molecule has 1 saturated heterocycles. The quantitative estimate of drug-likeness (QED) is 0.326. The van der Waals surface area contributed by atoms with Crippen LogP contribution in [0.1, 0.15) is 41.0 Å². The standard InChI is InChI=1S/C18H24N2O2.C6H8O7/c1-12-4-5-15(6-13(12)2)9-19-18-11-21-10-16(18)8-17-7-14(3)20-22-17;7-3(8)1-6(13,5(11)12)2-4(9)10/h4-7,16,18-19H,8-11H2,1-3H3;13H,1-2H2,(H,7,8)(H,9,10)(H,11,12)/t16-,18-;/m1./s1. The minimum absolute atomic E-state index is 0.368. The molecule has 3 rings (SSSR count). The number of rotatable bonds is 10. The Kier molecular flexibility index (Phi) is 9.93. The monoisotopic (exact) mass is 492 g/mol. The molecule has 0 unspecified atom stereocenters. The van der Waals surface area contributed by atoms with Crippen LogP contribution in [0.15, 0.2) is 28.8 Å². The number of aliphatic hydroxyl groups is 1. The summed E-state index contributed by atoms with van der Waals surface area (Å²) >= 11 is 0. The summed E-state index contributed by atoms with van der Waals surface area (Å²) in [6, 6.07) is 9.02. The molecule has 11 heteroatoms. The van der Waals surface area contributed by atoms with Crippen molar-refractivity contribution < 1.29 is 44.1 Å². The summed E-state index contributed by atoms with van der Waals surface area (Å²) in [4.78, 5) is 30.5. The van der Waals surface area contributed by atoms with Gasteiger partial charge in [0.2, 0.25) is 0 Å². The number of aromatic nitrogens is 1. The van der Waals surface area contributed by atoms with E-state index in [1.165, 1.54) is 16.7 Å². The van der Waals surface area contributed by atoms with Gasteiger partial charge in [-0.3, -0.25) is 9.59 Å². The molecule has 1 aromatic heterocycles. The lowest BCUT2D eigenvalue weighted by Gasteiger charge is -2.18. The SMILES string of the molecule is Cc1cc(C[C@@H]2COC[C@H]2NCc2ccc(C)c(C)c2)on1.O=C(O)CC(O)(CC(=O)O)C(=O)O. The molecule has 0 spiro atoms. The zero-order valence-corrected chi connectivity index (χ0v) is 20.0. The van der Waals surface area contributed by atoms with Gasteiger partial charge in [0.1, 0.15) is 5.76 Å². The normalized spacial score (nSPS) is 17.5. The van der Waals surface area contributed by atoms with Crippen LogP contribution in [0, 0.1) is 26.7 Å². The van der Waals surface area contributed by atoms with Crippen molar-refractivity contribution in [1.82, 2.24) is 10.5 Å². The highest BCUT2D eigenvalue weighted by Crippen LogP contribution is 2.20. The highest BCUT2D eigenvalue weighted by molar-refractivity contribution is 5.88. The summed E-state index contributed by atoms with van der Waals surface area (Å²) in [6.45, 7) is 8.68. The summed E-state index contributed by atoms with van der Waals surface area (Å²) < 4.78 is 11.0. The van der Waals surface area contributed by atoms with Crippen molar-refractivity contribution in [1.29, 1.82) is 0 Å². The molecule has 1 aliphatic heterocycles. The second-order valence-electron chi connectivity index (χ2n) is 8.82. The van der Waals surface area contributed by atoms with E-state index in [1.807, 2.05) is 13.0 Å². The fourth-order valence-corrected chi connectivity index (χ4v) is 3.67. The van der Waals surface area contributed by atoms with E-state index in [2.05, 4.69) is 42.5 Å². The lowest BCUT2D eigenvalue weighted by molar-refractivity contribution is -0.170. The number of hydrogen-bond acceptors (Lipinski definition) is 8. The van der Waals surface area contributed by atoms with Gasteiger partial charge in [-0.2, -0.15) is 0 Å². The first-order chi connectivity index (χ1) is 16.4. The Bertz CT molecular complexity index is 1020. The molecule has 192 valence electrons. The molecule has 0 aliphatic carbocycles. The molecular formula is C24H32N2O9. The lowest BCUT2D eigenvalue weighted by atomic mass is 9.96. The highest BCUT2D eigenvalue weighted by atomic mass is 16.5. The molecule has 0 radical (unpaired) electrons. The third-order valence-corrected chi connectivity index (χ3v) is 5.76. The first kappa shape index (κ1) is 28.0. The van der Waals surface area contributed by atoms with Gasteiger partial charge in [-0.25, -0.2) is 4.79 Å². The van der Waals surface area contributed by atoms with Gasteiger partial charge in [0.15, 0.2) is 5.60 Å². The van der Waals surface area contributed by atoms with Crippen LogP contribution >= 0.6 is 0 Å². The summed E-state index contributed by atoms with van der Waals surface area (Å²) in [7, 11) is 0. The summed E-state index contributed by atoms with van der Waals surface area (Å²) in [5.74, 6) is -3.63. The van der Waals surface area contributed by atoms with Crippen molar-refractivity contribution in [2.45, 2.75) is 58.2 Å². The Balaban J connectivity index is 0.000000287. The van der Waals surface area contributed by atoms with Gasteiger partial charge in [0.05, 0.1) is 31.7 Å². The van der Waals surface area contributed by atoms with Gasteiger partial charge in [-0.1, -0.05) is 23.4 Å². The number of aliphatic carboxylic acids is 3. The van der Waals surface area contributed by atoms with E-state index in [9.17, 15) is 14.4 Å². The van der Waals surface area contributed by atoms with Crippen LogP contribution in [0.5, 0.6) is 0 Å². The van der Waals surface area contributed by atoms with Crippen LogP contribution in [0.2, 0.25) is 0 Å². The van der Waals surface area contributed by atoms with Crippen LogP contribution in [0.25, 0.3) is 0 Å². The molecule has 1 fully saturated rings. The van der Waals surface area contributed by atoms with Crippen LogP contribution < -0.4 is 5.32 Å². The maximum absolute atomic E-state index is 10.3. The molecule has 2 atom stereocenters. The number of carbonyl (C=O) groups is 3. The minimum atomic E-state index is -2.74. The highest BCUT2D eigenvalue weighted by Gasteiger charge is 2.40. The van der Waals surface area contributed by atoms with Gasteiger partial charge in [0, 0.05) is 31.0 Å². The van der Waals surface area contributed by atoms with Crippen molar-refractivity contribution in [3.8, 4) is 0 Å². The van der Waals surface area contributed by atoms with Crippen molar-refractivity contribution >= 4 is 17.9 Å². The zero-order valence-electron chi connectivity index (χ0n) is 20.0. The number of aryl methyl sites for hydroxylation is 3. The molecule has 1 aliphatic rings. The smallest absolute Gasteiger partial charge is 0.336 e. The van der Waals surface area contributed by atoms with E-state index in [0.29, 0.717) is 12.0 Å². The fraction of sp³-hybridized carbons (Fsp3) is 0.500. The van der Waals surface area contributed by atoms with E-state index >= 15 is 0 Å². The van der Waals surface area contributed by atoms with Crippen LogP contribution in [-0.2, 0) is 32.1 Å². The molecule has 1 aromatic carbocycles. The maximum atomic E-state index is 10.3. The van der Waals surface area contributed by atoms with Gasteiger partial charge in [-0.05, 0) is 37.5 Å². The van der Waals surface area contributed by atoms with E-state index in [1.54, 1.807) is 0 Å². The van der Waals surface area contributed by atoms with Crippen molar-refractivity contribution in [3.63, 3.8) is 0 Å². The van der Waals surface area contributed by atoms with Crippen LogP contribution in [0.3, 0.4) is 0 Å². The molecule has 11 nitrogen and oxygen atoms in total. The van der Waals surface area contributed by atoms with Crippen LogP contribution in [-0.4, -0.2) is 68.3 Å². The number of nitrogens with one attached hydrogen (secondary N) is 1. The first-order valence-electron chi connectivity index (χ1n) is 11.1. The molecule has 0 bridgehead atoms. The second-order valence-corrected chi connectivity index (χ2v) is 8.82. The third-order valence-electron chi connectivity index (χ3n) is 5.76. The van der Waals surface area contributed by atoms with E-state index in [4.69, 9.17) is 29.7 Å². The fourth-order valence-electron chi connectivity index (χ4n) is 3.67. The third kappa shape index (κ3) is 8.78. The first-order valence-corrected chi connectivity index (χ1v) is 11.1. The second kappa shape index (κ2) is 12.4. The number of ether oxygens (including phenoxy) is 1. The van der Waals surface area contributed by atoms with E-state index < -0.39 is 36.4 Å². The predicted molar refractivity (Wildman–Crippen MR) is 123 cm³/mol. The number of carboxylic acid groups (broad SMARTS) is 3. The Hall–Kier alpha value is -3.28. The summed E-state index contributed by atoms with van der Waals surface area (Å²) in [5.41, 5.74) is 2.21. The molecule has 35 heavy (non-hydrogen) atoms. The van der Waals surface area contributed by atoms with Crippen molar-refractivity contribution in [2.24, 2.45) is 5.92 Å². The van der Waals surface area contributed by atoms with Crippen molar-refractivity contribution in [3.05, 3.63) is 52.4 Å². The molecule has 5 N–H and O–H groups in total.